The van der Waals surface area contributed by atoms with Crippen LogP contribution in [0.5, 0.6) is 0 Å². The first-order valence-corrected chi connectivity index (χ1v) is 10.4. The molecule has 0 unspecified atom stereocenters. The molecule has 4 nitrogen and oxygen atoms in total. The molecule has 2 aromatic rings. The molecule has 2 aromatic heterocycles. The Labute approximate surface area is 170 Å². The molecule has 0 amide bonds. The van der Waals surface area contributed by atoms with Crippen LogP contribution >= 0.6 is 22.7 Å². The van der Waals surface area contributed by atoms with E-state index in [1.807, 2.05) is 19.1 Å². The number of thiazole rings is 2. The number of aromatic nitrogens is 2. The molecule has 0 aliphatic carbocycles. The third kappa shape index (κ3) is 7.11. The van der Waals surface area contributed by atoms with Gasteiger partial charge in [0.2, 0.25) is 0 Å². The average molecular weight is 411 g/mol. The molecule has 6 heteroatoms. The zero-order valence-corrected chi connectivity index (χ0v) is 18.3. The van der Waals surface area contributed by atoms with Crippen molar-refractivity contribution >= 4 is 48.0 Å². The van der Waals surface area contributed by atoms with E-state index in [4.69, 9.17) is 0 Å². The fraction of sp³-hybridized carbons (Fsp3) is 0.524. The average Bonchev–Trinajstić information content (AvgIpc) is 2.97. The van der Waals surface area contributed by atoms with Gasteiger partial charge in [-0.05, 0) is 25.2 Å². The predicted molar refractivity (Wildman–Crippen MR) is 123 cm³/mol. The van der Waals surface area contributed by atoms with Crippen molar-refractivity contribution in [3.63, 3.8) is 0 Å². The topological polar surface area (TPSA) is 44.0 Å². The van der Waals surface area contributed by atoms with Crippen LogP contribution in [0.3, 0.4) is 0 Å². The minimum atomic E-state index is 0. The van der Waals surface area contributed by atoms with Crippen LogP contribution in [-0.2, 0) is 13.6 Å². The van der Waals surface area contributed by atoms with Crippen molar-refractivity contribution in [2.45, 2.75) is 55.0 Å². The molecule has 0 saturated carbocycles. The van der Waals surface area contributed by atoms with Gasteiger partial charge in [-0.15, -0.1) is 22.7 Å². The van der Waals surface area contributed by atoms with Crippen molar-refractivity contribution in [3.05, 3.63) is 39.1 Å². The summed E-state index contributed by atoms with van der Waals surface area (Å²) >= 11 is 2.93. The minimum Gasteiger partial charge on any atom is -0.303 e. The zero-order valence-electron chi connectivity index (χ0n) is 16.7. The zero-order chi connectivity index (χ0) is 20.0. The Hall–Kier alpha value is -1.66. The van der Waals surface area contributed by atoms with Crippen molar-refractivity contribution in [1.29, 1.82) is 0 Å². The maximum Gasteiger partial charge on any atom is 0.268 e. The second kappa shape index (κ2) is 11.2. The Kier molecular flexibility index (Phi) is 10.6. The van der Waals surface area contributed by atoms with E-state index in [1.165, 1.54) is 22.7 Å². The van der Waals surface area contributed by atoms with Gasteiger partial charge in [-0.2, -0.15) is 0 Å². The molecule has 0 spiro atoms. The van der Waals surface area contributed by atoms with Gasteiger partial charge in [-0.3, -0.25) is 14.2 Å². The first-order valence-electron chi connectivity index (χ1n) is 8.78. The van der Waals surface area contributed by atoms with E-state index >= 15 is 0 Å². The van der Waals surface area contributed by atoms with Gasteiger partial charge in [0.25, 0.3) is 11.1 Å². The molecule has 152 valence electrons. The summed E-state index contributed by atoms with van der Waals surface area (Å²) in [7, 11) is 1.76. The second-order valence-corrected chi connectivity index (χ2v) is 9.25. The summed E-state index contributed by atoms with van der Waals surface area (Å²) < 4.78 is 6.64. The van der Waals surface area contributed by atoms with Gasteiger partial charge in [0.15, 0.2) is 0 Å². The maximum absolute atomic E-state index is 11.7. The Morgan fingerprint density at radius 2 is 1.52 bits per heavy atom. The second-order valence-electron chi connectivity index (χ2n) is 7.02. The summed E-state index contributed by atoms with van der Waals surface area (Å²) in [4.78, 5) is 23.2. The molecule has 0 aromatic carbocycles. The maximum atomic E-state index is 11.7. The highest BCUT2D eigenvalue weighted by atomic mass is 32.1. The lowest BCUT2D eigenvalue weighted by Crippen LogP contribution is -2.32. The third-order valence-electron chi connectivity index (χ3n) is 3.69. The van der Waals surface area contributed by atoms with Crippen LogP contribution in [-0.4, -0.2) is 9.13 Å². The van der Waals surface area contributed by atoms with Crippen LogP contribution in [0.1, 0.15) is 48.5 Å². The van der Waals surface area contributed by atoms with Crippen molar-refractivity contribution in [1.82, 2.24) is 9.13 Å². The molecular formula is C21H34N2O2S2. The third-order valence-corrected chi connectivity index (χ3v) is 5.84. The van der Waals surface area contributed by atoms with E-state index in [1.54, 1.807) is 16.2 Å². The highest BCUT2D eigenvalue weighted by molar-refractivity contribution is 7.07. The van der Waals surface area contributed by atoms with Gasteiger partial charge in [0.1, 0.15) is 0 Å². The minimum absolute atomic E-state index is 0. The number of hydrogen-bond acceptors (Lipinski definition) is 4. The summed E-state index contributed by atoms with van der Waals surface area (Å²) in [5, 5.41) is 0. The number of nitrogens with zero attached hydrogens (tertiary/aromatic N) is 2. The fourth-order valence-electron chi connectivity index (χ4n) is 2.19. The molecule has 0 aliphatic rings. The quantitative estimate of drug-likeness (QED) is 0.775. The molecule has 2 rings (SSSR count). The van der Waals surface area contributed by atoms with E-state index in [2.05, 4.69) is 40.9 Å². The molecule has 0 fully saturated rings. The molecule has 0 N–H and O–H groups in total. The first-order chi connectivity index (χ1) is 12.1. The van der Waals surface area contributed by atoms with Gasteiger partial charge >= 0.3 is 0 Å². The van der Waals surface area contributed by atoms with Crippen LogP contribution in [0, 0.1) is 11.8 Å². The molecule has 0 bridgehead atoms. The van der Waals surface area contributed by atoms with Gasteiger partial charge in [-0.25, -0.2) is 0 Å². The van der Waals surface area contributed by atoms with Crippen LogP contribution in [0.15, 0.2) is 9.59 Å². The highest BCUT2D eigenvalue weighted by Gasteiger charge is 2.03. The fourth-order valence-corrected chi connectivity index (χ4v) is 3.91. The van der Waals surface area contributed by atoms with E-state index in [-0.39, 0.29) is 18.5 Å². The Morgan fingerprint density at radius 1 is 0.963 bits per heavy atom. The predicted octanol–water partition coefficient (Wildman–Crippen LogP) is 2.10. The van der Waals surface area contributed by atoms with E-state index in [0.717, 1.165) is 31.4 Å². The Morgan fingerprint density at radius 3 is 1.89 bits per heavy atom. The molecule has 2 heterocycles. The molecule has 0 saturated heterocycles. The standard InChI is InChI=1S/2C10H15NOS.CH4/c1-7(2)5-6-9-10(12)11(4)8(3)13-9;1-5-9-10(12)11(6-7(2)3)8(4)13-9;/h6-7H,3,5H2,1-2,4H3;5,7H,4,6H2,1-3H3;1H4/b9-6-;9-5-;. The summed E-state index contributed by atoms with van der Waals surface area (Å²) in [5.74, 6) is 1.08. The normalized spacial score (nSPS) is 12.3. The largest absolute Gasteiger partial charge is 0.303 e. The van der Waals surface area contributed by atoms with E-state index in [9.17, 15) is 9.59 Å². The van der Waals surface area contributed by atoms with Gasteiger partial charge in [0.05, 0.1) is 18.4 Å². The van der Waals surface area contributed by atoms with Crippen LogP contribution in [0.4, 0.5) is 0 Å². The lowest BCUT2D eigenvalue weighted by Gasteiger charge is -2.03. The molecule has 27 heavy (non-hydrogen) atoms. The van der Waals surface area contributed by atoms with Crippen molar-refractivity contribution in [2.75, 3.05) is 0 Å². The van der Waals surface area contributed by atoms with Crippen LogP contribution in [0.2, 0.25) is 0 Å². The molecular weight excluding hydrogens is 376 g/mol. The van der Waals surface area contributed by atoms with E-state index < -0.39 is 0 Å². The van der Waals surface area contributed by atoms with Crippen molar-refractivity contribution in [3.8, 4) is 0 Å². The highest BCUT2D eigenvalue weighted by Crippen LogP contribution is 1.98. The van der Waals surface area contributed by atoms with Crippen LogP contribution in [0.25, 0.3) is 25.3 Å². The summed E-state index contributed by atoms with van der Waals surface area (Å²) in [6, 6.07) is 0. The summed E-state index contributed by atoms with van der Waals surface area (Å²) in [5.41, 5.74) is 0.182. The number of rotatable bonds is 4. The summed E-state index contributed by atoms with van der Waals surface area (Å²) in [6.45, 7) is 18.8. The smallest absolute Gasteiger partial charge is 0.268 e. The Balaban J connectivity index is 0.000000483. The van der Waals surface area contributed by atoms with Gasteiger partial charge in [-0.1, -0.05) is 60.4 Å². The SMILES string of the molecule is C.C=c1s/c(=C\C)c(=O)n1CC(C)C.C=c1s/c(=C\CC(C)C)c(=O)n1C. The van der Waals surface area contributed by atoms with Crippen molar-refractivity contribution in [2.24, 2.45) is 18.9 Å². The number of hydrogen-bond donors (Lipinski definition) is 0. The van der Waals surface area contributed by atoms with Crippen molar-refractivity contribution < 1.29 is 0 Å². The molecule has 0 atom stereocenters. The molecule has 0 radical (unpaired) electrons. The van der Waals surface area contributed by atoms with E-state index in [0.29, 0.717) is 11.8 Å². The van der Waals surface area contributed by atoms with Gasteiger partial charge < -0.3 is 4.57 Å². The lowest BCUT2D eigenvalue weighted by atomic mass is 10.1. The monoisotopic (exact) mass is 410 g/mol. The first kappa shape index (κ1) is 25.3. The molecule has 0 aliphatic heterocycles. The summed E-state index contributed by atoms with van der Waals surface area (Å²) in [6.07, 6.45) is 4.81. The van der Waals surface area contributed by atoms with Gasteiger partial charge in [0, 0.05) is 13.6 Å². The lowest BCUT2D eigenvalue weighted by molar-refractivity contribution is 0.509. The van der Waals surface area contributed by atoms with Crippen LogP contribution < -0.4 is 29.5 Å². The Bertz CT molecular complexity index is 1050.